The van der Waals surface area contributed by atoms with Crippen LogP contribution < -0.4 is 15.8 Å². The highest BCUT2D eigenvalue weighted by atomic mass is 19.4. The number of halogens is 3. The summed E-state index contributed by atoms with van der Waals surface area (Å²) in [6.07, 6.45) is -2.89. The summed E-state index contributed by atoms with van der Waals surface area (Å²) in [6.45, 7) is 4.64. The van der Waals surface area contributed by atoms with Crippen LogP contribution in [0.1, 0.15) is 32.8 Å². The molecule has 26 heavy (non-hydrogen) atoms. The third-order valence-electron chi connectivity index (χ3n) is 4.90. The molecule has 1 fully saturated rings. The Bertz CT molecular complexity index is 652. The maximum absolute atomic E-state index is 12.6. The van der Waals surface area contributed by atoms with Gasteiger partial charge < -0.3 is 20.5 Å². The molecule has 1 aromatic rings. The van der Waals surface area contributed by atoms with Gasteiger partial charge in [0, 0.05) is 36.7 Å². The molecule has 3 N–H and O–H groups in total. The fraction of sp³-hybridized carbons (Fsp3) is 0.647. The first kappa shape index (κ1) is 20.4. The van der Waals surface area contributed by atoms with Crippen LogP contribution in [-0.4, -0.2) is 41.9 Å². The lowest BCUT2D eigenvalue weighted by Gasteiger charge is -2.57. The third-order valence-corrected chi connectivity index (χ3v) is 4.90. The Morgan fingerprint density at radius 3 is 2.73 bits per heavy atom. The maximum atomic E-state index is 12.6. The van der Waals surface area contributed by atoms with E-state index in [1.807, 2.05) is 20.8 Å². The number of rotatable bonds is 7. The van der Waals surface area contributed by atoms with Gasteiger partial charge in [-0.2, -0.15) is 13.2 Å². The quantitative estimate of drug-likeness (QED) is 0.763. The van der Waals surface area contributed by atoms with Crippen LogP contribution in [0.4, 0.5) is 13.2 Å². The van der Waals surface area contributed by atoms with E-state index in [2.05, 4.69) is 10.3 Å². The lowest BCUT2D eigenvalue weighted by atomic mass is 9.54. The Hall–Kier alpha value is -1.87. The number of ether oxygens (including phenoxy) is 2. The monoisotopic (exact) mass is 375 g/mol. The van der Waals surface area contributed by atoms with Gasteiger partial charge in [-0.05, 0) is 13.0 Å². The van der Waals surface area contributed by atoms with E-state index >= 15 is 0 Å². The normalized spacial score (nSPS) is 24.7. The van der Waals surface area contributed by atoms with Crippen molar-refractivity contribution in [2.24, 2.45) is 11.1 Å². The summed E-state index contributed by atoms with van der Waals surface area (Å²) in [5, 5.41) is 2.68. The Morgan fingerprint density at radius 2 is 2.15 bits per heavy atom. The number of pyridine rings is 1. The van der Waals surface area contributed by atoms with Gasteiger partial charge in [0.25, 0.3) is 0 Å². The molecule has 1 aromatic heterocycles. The summed E-state index contributed by atoms with van der Waals surface area (Å²) >= 11 is 0. The predicted octanol–water partition coefficient (Wildman–Crippen LogP) is 2.17. The molecule has 146 valence electrons. The second-order valence-corrected chi connectivity index (χ2v) is 6.90. The number of carbonyl (C=O) groups is 1. The Labute approximate surface area is 150 Å². The van der Waals surface area contributed by atoms with Gasteiger partial charge in [0.15, 0.2) is 6.61 Å². The standard InChI is InChI=1S/C17H24F3N3O3/c1-4-25-12-8-16(21,15(12,2)3)14(24)23-9-11-6-5-7-22-13(11)26-10-17(18,19)20/h5-7,12H,4,8-10,21H2,1-3H3,(H,23,24). The number of nitrogens with one attached hydrogen (secondary N) is 1. The minimum absolute atomic E-state index is 0.0335. The number of nitrogens with zero attached hydrogens (tertiary/aromatic N) is 1. The first-order valence-electron chi connectivity index (χ1n) is 8.33. The molecule has 1 aliphatic carbocycles. The number of carbonyl (C=O) groups excluding carboxylic acids is 1. The van der Waals surface area contributed by atoms with Gasteiger partial charge >= 0.3 is 6.18 Å². The van der Waals surface area contributed by atoms with E-state index in [1.54, 1.807) is 6.07 Å². The lowest BCUT2D eigenvalue weighted by Crippen LogP contribution is -2.75. The summed E-state index contributed by atoms with van der Waals surface area (Å²) in [7, 11) is 0. The first-order chi connectivity index (χ1) is 12.0. The fourth-order valence-electron chi connectivity index (χ4n) is 2.99. The molecule has 0 aromatic carbocycles. The third kappa shape index (κ3) is 4.09. The van der Waals surface area contributed by atoms with Crippen LogP contribution in [0.3, 0.4) is 0 Å². The SMILES string of the molecule is CCOC1CC(N)(C(=O)NCc2cccnc2OCC(F)(F)F)C1(C)C. The topological polar surface area (TPSA) is 86.5 Å². The van der Waals surface area contributed by atoms with Crippen LogP contribution in [0.2, 0.25) is 0 Å². The first-order valence-corrected chi connectivity index (χ1v) is 8.33. The Kier molecular flexibility index (Phi) is 5.82. The summed E-state index contributed by atoms with van der Waals surface area (Å²) in [6, 6.07) is 3.09. The van der Waals surface area contributed by atoms with E-state index < -0.39 is 23.7 Å². The van der Waals surface area contributed by atoms with Crippen molar-refractivity contribution in [3.63, 3.8) is 0 Å². The molecule has 0 bridgehead atoms. The van der Waals surface area contributed by atoms with E-state index in [0.717, 1.165) is 0 Å². The molecule has 2 rings (SSSR count). The van der Waals surface area contributed by atoms with E-state index in [1.165, 1.54) is 12.3 Å². The highest BCUT2D eigenvalue weighted by Gasteiger charge is 2.62. The van der Waals surface area contributed by atoms with Gasteiger partial charge in [0.05, 0.1) is 6.10 Å². The molecular formula is C17H24F3N3O3. The molecule has 9 heteroatoms. The van der Waals surface area contributed by atoms with Crippen molar-refractivity contribution in [2.75, 3.05) is 13.2 Å². The average molecular weight is 375 g/mol. The van der Waals surface area contributed by atoms with Gasteiger partial charge in [-0.3, -0.25) is 4.79 Å². The van der Waals surface area contributed by atoms with Crippen LogP contribution in [-0.2, 0) is 16.1 Å². The highest BCUT2D eigenvalue weighted by Crippen LogP contribution is 2.49. The van der Waals surface area contributed by atoms with Gasteiger partial charge in [-0.1, -0.05) is 19.9 Å². The smallest absolute Gasteiger partial charge is 0.422 e. The van der Waals surface area contributed by atoms with Crippen LogP contribution in [0.15, 0.2) is 18.3 Å². The molecule has 1 saturated carbocycles. The van der Waals surface area contributed by atoms with Crippen molar-refractivity contribution >= 4 is 5.91 Å². The van der Waals surface area contributed by atoms with Crippen molar-refractivity contribution in [2.45, 2.75) is 51.6 Å². The summed E-state index contributed by atoms with van der Waals surface area (Å²) in [5.41, 5.74) is 4.95. The second kappa shape index (κ2) is 7.40. The van der Waals surface area contributed by atoms with Gasteiger partial charge in [-0.15, -0.1) is 0 Å². The average Bonchev–Trinajstić information content (AvgIpc) is 2.57. The maximum Gasteiger partial charge on any atom is 0.422 e. The van der Waals surface area contributed by atoms with E-state index in [4.69, 9.17) is 15.2 Å². The summed E-state index contributed by atoms with van der Waals surface area (Å²) < 4.78 is 47.3. The molecule has 2 atom stereocenters. The molecule has 1 heterocycles. The zero-order valence-corrected chi connectivity index (χ0v) is 15.0. The van der Waals surface area contributed by atoms with E-state index in [9.17, 15) is 18.0 Å². The van der Waals surface area contributed by atoms with Gasteiger partial charge in [0.2, 0.25) is 11.8 Å². The molecule has 0 aliphatic heterocycles. The molecule has 2 unspecified atom stereocenters. The minimum atomic E-state index is -4.47. The van der Waals surface area contributed by atoms with Gasteiger partial charge in [-0.25, -0.2) is 4.98 Å². The van der Waals surface area contributed by atoms with Crippen LogP contribution in [0.25, 0.3) is 0 Å². The molecule has 0 spiro atoms. The number of nitrogens with two attached hydrogens (primary N) is 1. The largest absolute Gasteiger partial charge is 0.468 e. The molecule has 0 saturated heterocycles. The van der Waals surface area contributed by atoms with E-state index in [-0.39, 0.29) is 24.4 Å². The number of amides is 1. The molecular weight excluding hydrogens is 351 g/mol. The number of hydrogen-bond donors (Lipinski definition) is 2. The van der Waals surface area contributed by atoms with Crippen molar-refractivity contribution in [1.82, 2.24) is 10.3 Å². The zero-order valence-electron chi connectivity index (χ0n) is 15.0. The van der Waals surface area contributed by atoms with Crippen molar-refractivity contribution in [1.29, 1.82) is 0 Å². The van der Waals surface area contributed by atoms with Gasteiger partial charge in [0.1, 0.15) is 5.54 Å². The molecule has 0 radical (unpaired) electrons. The number of aromatic nitrogens is 1. The van der Waals surface area contributed by atoms with Crippen molar-refractivity contribution in [3.05, 3.63) is 23.9 Å². The zero-order chi connectivity index (χ0) is 19.6. The van der Waals surface area contributed by atoms with Crippen molar-refractivity contribution < 1.29 is 27.4 Å². The molecule has 1 amide bonds. The highest BCUT2D eigenvalue weighted by molar-refractivity contribution is 5.88. The van der Waals surface area contributed by atoms with Crippen molar-refractivity contribution in [3.8, 4) is 5.88 Å². The van der Waals surface area contributed by atoms with E-state index in [0.29, 0.717) is 18.6 Å². The second-order valence-electron chi connectivity index (χ2n) is 6.90. The minimum Gasteiger partial charge on any atom is -0.468 e. The number of alkyl halides is 3. The molecule has 1 aliphatic rings. The van der Waals surface area contributed by atoms with Crippen LogP contribution in [0, 0.1) is 5.41 Å². The Morgan fingerprint density at radius 1 is 1.46 bits per heavy atom. The summed E-state index contributed by atoms with van der Waals surface area (Å²) in [4.78, 5) is 16.4. The van der Waals surface area contributed by atoms with Crippen LogP contribution >= 0.6 is 0 Å². The summed E-state index contributed by atoms with van der Waals surface area (Å²) in [5.74, 6) is -0.555. The fourth-order valence-corrected chi connectivity index (χ4v) is 2.99. The number of hydrogen-bond acceptors (Lipinski definition) is 5. The Balaban J connectivity index is 2.00. The molecule has 6 nitrogen and oxygen atoms in total. The van der Waals surface area contributed by atoms with Crippen LogP contribution in [0.5, 0.6) is 5.88 Å². The lowest BCUT2D eigenvalue weighted by molar-refractivity contribution is -0.170. The predicted molar refractivity (Wildman–Crippen MR) is 88.4 cm³/mol.